The number of hydrogen-bond acceptors (Lipinski definition) is 8. The fraction of sp³-hybridized carbons (Fsp3) is 0.263. The minimum atomic E-state index is -4.66. The highest BCUT2D eigenvalue weighted by molar-refractivity contribution is 7.12. The number of hydrogen-bond donors (Lipinski definition) is 3. The Labute approximate surface area is 189 Å². The van der Waals surface area contributed by atoms with Gasteiger partial charge in [-0.3, -0.25) is 14.9 Å². The van der Waals surface area contributed by atoms with Crippen LogP contribution in [0, 0.1) is 0 Å². The van der Waals surface area contributed by atoms with Crippen LogP contribution in [0.2, 0.25) is 0 Å². The minimum Gasteiger partial charge on any atom is -0.493 e. The van der Waals surface area contributed by atoms with E-state index in [1.165, 1.54) is 31.7 Å². The SMILES string of the molecule is COc1cc(NC(=O)c2cccs2)c(C(=O)OCC(=O)NC(=O)NCC(F)(F)F)cc1OC. The van der Waals surface area contributed by atoms with Gasteiger partial charge in [-0.1, -0.05) is 6.07 Å². The fourth-order valence-corrected chi connectivity index (χ4v) is 2.96. The Morgan fingerprint density at radius 1 is 1.06 bits per heavy atom. The van der Waals surface area contributed by atoms with Crippen molar-refractivity contribution in [3.05, 3.63) is 40.1 Å². The number of urea groups is 1. The Hall–Kier alpha value is -3.81. The van der Waals surface area contributed by atoms with Crippen molar-refractivity contribution < 1.29 is 46.6 Å². The quantitative estimate of drug-likeness (QED) is 0.486. The van der Waals surface area contributed by atoms with E-state index in [1.54, 1.807) is 22.8 Å². The lowest BCUT2D eigenvalue weighted by molar-refractivity contribution is -0.125. The number of benzene rings is 1. The summed E-state index contributed by atoms with van der Waals surface area (Å²) in [6, 6.07) is 4.33. The first-order valence-corrected chi connectivity index (χ1v) is 9.84. The van der Waals surface area contributed by atoms with Gasteiger partial charge < -0.3 is 24.8 Å². The Bertz CT molecular complexity index is 1030. The Balaban J connectivity index is 2.11. The molecule has 0 unspecified atom stereocenters. The molecule has 1 heterocycles. The maximum atomic E-state index is 12.6. The predicted octanol–water partition coefficient (Wildman–Crippen LogP) is 2.56. The zero-order chi connectivity index (χ0) is 24.6. The Morgan fingerprint density at radius 2 is 1.73 bits per heavy atom. The second kappa shape index (κ2) is 11.2. The van der Waals surface area contributed by atoms with E-state index in [-0.39, 0.29) is 22.7 Å². The van der Waals surface area contributed by atoms with Gasteiger partial charge in [0.05, 0.1) is 30.3 Å². The Morgan fingerprint density at radius 3 is 2.30 bits per heavy atom. The third kappa shape index (κ3) is 7.68. The van der Waals surface area contributed by atoms with Crippen LogP contribution >= 0.6 is 11.3 Å². The molecule has 0 aliphatic heterocycles. The highest BCUT2D eigenvalue weighted by Crippen LogP contribution is 2.34. The van der Waals surface area contributed by atoms with E-state index in [0.717, 1.165) is 11.3 Å². The molecule has 14 heteroatoms. The lowest BCUT2D eigenvalue weighted by Crippen LogP contribution is -2.44. The molecule has 0 saturated carbocycles. The van der Waals surface area contributed by atoms with Crippen molar-refractivity contribution in [1.29, 1.82) is 0 Å². The topological polar surface area (TPSA) is 132 Å². The van der Waals surface area contributed by atoms with Crippen LogP contribution in [0.4, 0.5) is 23.7 Å². The van der Waals surface area contributed by atoms with Gasteiger partial charge in [0.15, 0.2) is 18.1 Å². The van der Waals surface area contributed by atoms with Gasteiger partial charge in [0.2, 0.25) is 0 Å². The maximum absolute atomic E-state index is 12.6. The number of imide groups is 1. The number of carbonyl (C=O) groups is 4. The number of carbonyl (C=O) groups excluding carboxylic acids is 4. The summed E-state index contributed by atoms with van der Waals surface area (Å²) in [5.74, 6) is -2.47. The molecule has 0 atom stereocenters. The second-order valence-electron chi connectivity index (χ2n) is 6.11. The summed E-state index contributed by atoms with van der Waals surface area (Å²) >= 11 is 1.16. The van der Waals surface area contributed by atoms with Crippen LogP contribution in [0.3, 0.4) is 0 Å². The number of alkyl halides is 3. The average molecular weight is 489 g/mol. The number of methoxy groups -OCH3 is 2. The zero-order valence-electron chi connectivity index (χ0n) is 17.2. The summed E-state index contributed by atoms with van der Waals surface area (Å²) in [5, 5.41) is 7.23. The Kier molecular flexibility index (Phi) is 8.62. The standard InChI is InChI=1S/C19H18F3N3O7S/c1-30-12-6-10(11(7-13(12)31-2)24-16(27)14-4-3-5-33-14)17(28)32-8-15(26)25-18(29)23-9-19(20,21)22/h3-7H,8-9H2,1-2H3,(H,24,27)(H2,23,25,26,29). The summed E-state index contributed by atoms with van der Waals surface area (Å²) in [4.78, 5) is 48.3. The monoisotopic (exact) mass is 489 g/mol. The zero-order valence-corrected chi connectivity index (χ0v) is 18.0. The molecule has 0 aliphatic rings. The number of amides is 4. The van der Waals surface area contributed by atoms with Gasteiger partial charge in [-0.15, -0.1) is 11.3 Å². The van der Waals surface area contributed by atoms with Gasteiger partial charge in [0.25, 0.3) is 11.8 Å². The van der Waals surface area contributed by atoms with E-state index >= 15 is 0 Å². The molecule has 0 bridgehead atoms. The number of halogens is 3. The first-order valence-electron chi connectivity index (χ1n) is 8.96. The molecule has 2 aromatic rings. The second-order valence-corrected chi connectivity index (χ2v) is 7.05. The molecule has 0 aliphatic carbocycles. The van der Waals surface area contributed by atoms with Gasteiger partial charge in [0, 0.05) is 12.1 Å². The number of anilines is 1. The molecule has 1 aromatic heterocycles. The van der Waals surface area contributed by atoms with Crippen molar-refractivity contribution in [2.45, 2.75) is 6.18 Å². The van der Waals surface area contributed by atoms with Crippen molar-refractivity contribution in [2.75, 3.05) is 32.7 Å². The number of esters is 1. The van der Waals surface area contributed by atoms with Gasteiger partial charge in [-0.2, -0.15) is 13.2 Å². The van der Waals surface area contributed by atoms with Crippen LogP contribution < -0.4 is 25.4 Å². The molecule has 0 radical (unpaired) electrons. The summed E-state index contributed by atoms with van der Waals surface area (Å²) < 4.78 is 51.4. The number of nitrogens with one attached hydrogen (secondary N) is 3. The third-order valence-corrected chi connectivity index (χ3v) is 4.64. The molecule has 4 amide bonds. The normalized spacial score (nSPS) is 10.7. The molecule has 33 heavy (non-hydrogen) atoms. The smallest absolute Gasteiger partial charge is 0.405 e. The molecular formula is C19H18F3N3O7S. The largest absolute Gasteiger partial charge is 0.493 e. The summed E-state index contributed by atoms with van der Waals surface area (Å²) in [6.45, 7) is -2.63. The molecule has 1 aromatic carbocycles. The molecule has 3 N–H and O–H groups in total. The van der Waals surface area contributed by atoms with Crippen LogP contribution in [0.1, 0.15) is 20.0 Å². The van der Waals surface area contributed by atoms with Gasteiger partial charge in [-0.05, 0) is 11.4 Å². The molecule has 0 saturated heterocycles. The number of rotatable bonds is 8. The van der Waals surface area contributed by atoms with E-state index in [0.29, 0.717) is 4.88 Å². The predicted molar refractivity (Wildman–Crippen MR) is 110 cm³/mol. The minimum absolute atomic E-state index is 0.0145. The fourth-order valence-electron chi connectivity index (χ4n) is 2.34. The molecule has 0 fully saturated rings. The van der Waals surface area contributed by atoms with Crippen molar-refractivity contribution in [1.82, 2.24) is 10.6 Å². The third-order valence-electron chi connectivity index (χ3n) is 3.77. The first kappa shape index (κ1) is 25.5. The van der Waals surface area contributed by atoms with E-state index in [1.807, 2.05) is 0 Å². The molecule has 2 rings (SSSR count). The van der Waals surface area contributed by atoms with Gasteiger partial charge in [-0.25, -0.2) is 9.59 Å². The van der Waals surface area contributed by atoms with Gasteiger partial charge >= 0.3 is 18.2 Å². The molecule has 0 spiro atoms. The van der Waals surface area contributed by atoms with Crippen LogP contribution in [0.5, 0.6) is 11.5 Å². The summed E-state index contributed by atoms with van der Waals surface area (Å²) in [7, 11) is 2.65. The highest BCUT2D eigenvalue weighted by atomic mass is 32.1. The molecule has 178 valence electrons. The van der Waals surface area contributed by atoms with Crippen LogP contribution in [0.15, 0.2) is 29.6 Å². The summed E-state index contributed by atoms with van der Waals surface area (Å²) in [6.07, 6.45) is -4.66. The van der Waals surface area contributed by atoms with Crippen molar-refractivity contribution >= 4 is 40.8 Å². The van der Waals surface area contributed by atoms with E-state index in [2.05, 4.69) is 5.32 Å². The van der Waals surface area contributed by atoms with E-state index < -0.39 is 43.1 Å². The van der Waals surface area contributed by atoms with E-state index in [4.69, 9.17) is 14.2 Å². The van der Waals surface area contributed by atoms with Crippen molar-refractivity contribution in [3.8, 4) is 11.5 Å². The van der Waals surface area contributed by atoms with Crippen LogP contribution in [-0.2, 0) is 9.53 Å². The molecule has 10 nitrogen and oxygen atoms in total. The average Bonchev–Trinajstić information content (AvgIpc) is 3.30. The molecular weight excluding hydrogens is 471 g/mol. The number of ether oxygens (including phenoxy) is 3. The van der Waals surface area contributed by atoms with Crippen LogP contribution in [0.25, 0.3) is 0 Å². The van der Waals surface area contributed by atoms with Crippen molar-refractivity contribution in [3.63, 3.8) is 0 Å². The lowest BCUT2D eigenvalue weighted by atomic mass is 10.1. The first-order chi connectivity index (χ1) is 15.5. The van der Waals surface area contributed by atoms with Crippen molar-refractivity contribution in [2.24, 2.45) is 0 Å². The lowest BCUT2D eigenvalue weighted by Gasteiger charge is -2.15. The number of thiophene rings is 1. The van der Waals surface area contributed by atoms with Gasteiger partial charge in [0.1, 0.15) is 6.54 Å². The maximum Gasteiger partial charge on any atom is 0.405 e. The van der Waals surface area contributed by atoms with Crippen LogP contribution in [-0.4, -0.2) is 57.4 Å². The van der Waals surface area contributed by atoms with E-state index in [9.17, 15) is 32.3 Å². The highest BCUT2D eigenvalue weighted by Gasteiger charge is 2.28. The summed E-state index contributed by atoms with van der Waals surface area (Å²) in [5.41, 5.74) is -0.216.